The van der Waals surface area contributed by atoms with E-state index >= 15 is 0 Å². The third-order valence-corrected chi connectivity index (χ3v) is 3.78. The fourth-order valence-corrected chi connectivity index (χ4v) is 2.41. The van der Waals surface area contributed by atoms with Gasteiger partial charge in [0.1, 0.15) is 17.9 Å². The lowest BCUT2D eigenvalue weighted by atomic mass is 10.1. The third kappa shape index (κ3) is 7.03. The monoisotopic (exact) mass is 444 g/mol. The Morgan fingerprint density at radius 1 is 1.06 bits per heavy atom. The van der Waals surface area contributed by atoms with Crippen LogP contribution in [0.4, 0.5) is 24.5 Å². The van der Waals surface area contributed by atoms with Crippen molar-refractivity contribution in [2.75, 3.05) is 39.4 Å². The van der Waals surface area contributed by atoms with E-state index in [0.29, 0.717) is 12.4 Å². The summed E-state index contributed by atoms with van der Waals surface area (Å²) in [7, 11) is 2.92. The van der Waals surface area contributed by atoms with Gasteiger partial charge in [-0.1, -0.05) is 0 Å². The summed E-state index contributed by atoms with van der Waals surface area (Å²) in [5, 5.41) is 13.7. The molecule has 168 valence electrons. The van der Waals surface area contributed by atoms with Gasteiger partial charge in [-0.25, -0.2) is 0 Å². The number of hydrogen-bond acceptors (Lipinski definition) is 7. The minimum absolute atomic E-state index is 0.203. The molecule has 0 heterocycles. The number of carbonyl (C=O) groups is 1. The molecular formula is C19H19F3N2O7. The van der Waals surface area contributed by atoms with Crippen molar-refractivity contribution < 1.29 is 41.8 Å². The lowest BCUT2D eigenvalue weighted by Gasteiger charge is -2.13. The van der Waals surface area contributed by atoms with E-state index in [1.54, 1.807) is 0 Å². The zero-order valence-corrected chi connectivity index (χ0v) is 16.5. The molecule has 0 saturated heterocycles. The second-order valence-corrected chi connectivity index (χ2v) is 6.00. The van der Waals surface area contributed by atoms with Gasteiger partial charge in [0.15, 0.2) is 18.1 Å². The van der Waals surface area contributed by atoms with Gasteiger partial charge >= 0.3 is 6.18 Å². The molecule has 2 aromatic carbocycles. The van der Waals surface area contributed by atoms with Crippen LogP contribution in [0.25, 0.3) is 0 Å². The zero-order chi connectivity index (χ0) is 23.0. The SMILES string of the molecule is COCCOc1cc(NC(=O)c2cc(OCC(F)(F)F)ccc2[N+](=O)[O-])ccc1OC. The van der Waals surface area contributed by atoms with Gasteiger partial charge in [0.2, 0.25) is 0 Å². The molecule has 0 aliphatic rings. The summed E-state index contributed by atoms with van der Waals surface area (Å²) in [6.07, 6.45) is -4.60. The van der Waals surface area contributed by atoms with Crippen molar-refractivity contribution in [3.8, 4) is 17.2 Å². The van der Waals surface area contributed by atoms with Gasteiger partial charge in [-0.3, -0.25) is 14.9 Å². The lowest BCUT2D eigenvalue weighted by molar-refractivity contribution is -0.385. The number of amides is 1. The minimum Gasteiger partial charge on any atom is -0.493 e. The fraction of sp³-hybridized carbons (Fsp3) is 0.316. The largest absolute Gasteiger partial charge is 0.493 e. The molecule has 1 amide bonds. The number of nitro benzene ring substituents is 1. The third-order valence-electron chi connectivity index (χ3n) is 3.78. The molecule has 0 fully saturated rings. The highest BCUT2D eigenvalue weighted by atomic mass is 19.4. The van der Waals surface area contributed by atoms with E-state index in [-0.39, 0.29) is 23.8 Å². The van der Waals surface area contributed by atoms with Crippen molar-refractivity contribution in [3.05, 3.63) is 52.1 Å². The average Bonchev–Trinajstić information content (AvgIpc) is 2.72. The standard InChI is InChI=1S/C19H19F3N2O7/c1-28-7-8-30-17-9-12(3-6-16(17)29-2)23-18(25)14-10-13(31-11-19(20,21)22)4-5-15(14)24(26)27/h3-6,9-10H,7-8,11H2,1-2H3,(H,23,25). The van der Waals surface area contributed by atoms with Gasteiger partial charge in [-0.2, -0.15) is 13.2 Å². The summed E-state index contributed by atoms with van der Waals surface area (Å²) < 4.78 is 57.2. The summed E-state index contributed by atoms with van der Waals surface area (Å²) in [6.45, 7) is -1.10. The maximum atomic E-state index is 12.6. The van der Waals surface area contributed by atoms with Gasteiger partial charge in [0, 0.05) is 24.9 Å². The molecule has 2 rings (SSSR count). The predicted octanol–water partition coefficient (Wildman–Crippen LogP) is 3.82. The van der Waals surface area contributed by atoms with E-state index in [2.05, 4.69) is 10.1 Å². The molecule has 0 atom stereocenters. The van der Waals surface area contributed by atoms with Crippen LogP contribution in [0.15, 0.2) is 36.4 Å². The molecule has 0 saturated carbocycles. The summed E-state index contributed by atoms with van der Waals surface area (Å²) in [6, 6.07) is 7.16. The Hall–Kier alpha value is -3.54. The Balaban J connectivity index is 2.27. The number of benzene rings is 2. The van der Waals surface area contributed by atoms with Gasteiger partial charge in [-0.05, 0) is 24.3 Å². The summed E-state index contributed by atoms with van der Waals surface area (Å²) in [5.41, 5.74) is -0.849. The number of nitro groups is 1. The number of methoxy groups -OCH3 is 2. The van der Waals surface area contributed by atoms with Crippen molar-refractivity contribution in [1.82, 2.24) is 0 Å². The van der Waals surface area contributed by atoms with Crippen LogP contribution in [0.3, 0.4) is 0 Å². The maximum absolute atomic E-state index is 12.6. The van der Waals surface area contributed by atoms with Gasteiger partial charge < -0.3 is 24.3 Å². The van der Waals surface area contributed by atoms with Crippen molar-refractivity contribution in [2.24, 2.45) is 0 Å². The molecule has 1 N–H and O–H groups in total. The average molecular weight is 444 g/mol. The van der Waals surface area contributed by atoms with E-state index < -0.39 is 34.9 Å². The Bertz CT molecular complexity index is 935. The molecule has 0 aliphatic carbocycles. The number of nitrogens with one attached hydrogen (secondary N) is 1. The first-order chi connectivity index (χ1) is 14.6. The van der Waals surface area contributed by atoms with Crippen molar-refractivity contribution in [1.29, 1.82) is 0 Å². The first kappa shape index (κ1) is 23.7. The van der Waals surface area contributed by atoms with E-state index in [1.807, 2.05) is 0 Å². The van der Waals surface area contributed by atoms with Crippen molar-refractivity contribution >= 4 is 17.3 Å². The van der Waals surface area contributed by atoms with Crippen molar-refractivity contribution in [2.45, 2.75) is 6.18 Å². The van der Waals surface area contributed by atoms with Crippen LogP contribution in [0.1, 0.15) is 10.4 Å². The molecule has 2 aromatic rings. The number of nitrogens with zero attached hydrogens (tertiary/aromatic N) is 1. The first-order valence-electron chi connectivity index (χ1n) is 8.73. The number of rotatable bonds is 10. The van der Waals surface area contributed by atoms with Crippen LogP contribution in [0, 0.1) is 10.1 Å². The predicted molar refractivity (Wildman–Crippen MR) is 103 cm³/mol. The number of ether oxygens (including phenoxy) is 4. The summed E-state index contributed by atoms with van der Waals surface area (Å²) in [4.78, 5) is 23.1. The second kappa shape index (κ2) is 10.5. The molecule has 31 heavy (non-hydrogen) atoms. The Labute approximate surface area is 174 Å². The minimum atomic E-state index is -4.60. The highest BCUT2D eigenvalue weighted by Gasteiger charge is 2.29. The smallest absolute Gasteiger partial charge is 0.422 e. The molecule has 0 bridgehead atoms. The number of anilines is 1. The quantitative estimate of drug-likeness (QED) is 0.337. The van der Waals surface area contributed by atoms with E-state index in [0.717, 1.165) is 18.2 Å². The maximum Gasteiger partial charge on any atom is 0.422 e. The van der Waals surface area contributed by atoms with E-state index in [9.17, 15) is 28.1 Å². The number of halogens is 3. The van der Waals surface area contributed by atoms with Crippen LogP contribution in [-0.4, -0.2) is 51.0 Å². The molecule has 0 aromatic heterocycles. The molecule has 0 aliphatic heterocycles. The Morgan fingerprint density at radius 2 is 1.81 bits per heavy atom. The zero-order valence-electron chi connectivity index (χ0n) is 16.5. The van der Waals surface area contributed by atoms with Crippen molar-refractivity contribution in [3.63, 3.8) is 0 Å². The van der Waals surface area contributed by atoms with Crippen LogP contribution in [0.5, 0.6) is 17.2 Å². The Kier molecular flexibility index (Phi) is 8.02. The highest BCUT2D eigenvalue weighted by molar-refractivity contribution is 6.07. The summed E-state index contributed by atoms with van der Waals surface area (Å²) >= 11 is 0. The number of alkyl halides is 3. The molecule has 9 nitrogen and oxygen atoms in total. The number of carbonyl (C=O) groups excluding carboxylic acids is 1. The van der Waals surface area contributed by atoms with Crippen LogP contribution in [0.2, 0.25) is 0 Å². The second-order valence-electron chi connectivity index (χ2n) is 6.00. The molecule has 12 heteroatoms. The normalized spacial score (nSPS) is 11.0. The highest BCUT2D eigenvalue weighted by Crippen LogP contribution is 2.31. The molecular weight excluding hydrogens is 425 g/mol. The van der Waals surface area contributed by atoms with E-state index in [1.165, 1.54) is 32.4 Å². The fourth-order valence-electron chi connectivity index (χ4n) is 2.41. The van der Waals surface area contributed by atoms with Gasteiger partial charge in [0.05, 0.1) is 18.6 Å². The Morgan fingerprint density at radius 3 is 2.42 bits per heavy atom. The first-order valence-corrected chi connectivity index (χ1v) is 8.73. The molecule has 0 radical (unpaired) electrons. The summed E-state index contributed by atoms with van der Waals surface area (Å²) in [5.74, 6) is -0.597. The number of hydrogen-bond donors (Lipinski definition) is 1. The van der Waals surface area contributed by atoms with Crippen LogP contribution in [-0.2, 0) is 4.74 Å². The molecule has 0 spiro atoms. The van der Waals surface area contributed by atoms with Gasteiger partial charge in [0.25, 0.3) is 11.6 Å². The van der Waals surface area contributed by atoms with Gasteiger partial charge in [-0.15, -0.1) is 0 Å². The topological polar surface area (TPSA) is 109 Å². The lowest BCUT2D eigenvalue weighted by Crippen LogP contribution is -2.20. The molecule has 0 unspecified atom stereocenters. The van der Waals surface area contributed by atoms with Crippen LogP contribution < -0.4 is 19.5 Å². The van der Waals surface area contributed by atoms with E-state index in [4.69, 9.17) is 14.2 Å². The van der Waals surface area contributed by atoms with Crippen LogP contribution >= 0.6 is 0 Å².